The number of anilines is 1. The number of aryl methyl sites for hydroxylation is 1. The largest absolute Gasteiger partial charge is 0.372 e. The predicted octanol–water partition coefficient (Wildman–Crippen LogP) is 1.29. The van der Waals surface area contributed by atoms with Gasteiger partial charge in [-0.3, -0.25) is 0 Å². The Balaban J connectivity index is 2.10. The molecule has 1 unspecified atom stereocenters. The summed E-state index contributed by atoms with van der Waals surface area (Å²) in [4.78, 5) is 13.7. The van der Waals surface area contributed by atoms with Crippen molar-refractivity contribution in [3.05, 3.63) is 40.6 Å². The van der Waals surface area contributed by atoms with E-state index in [1.54, 1.807) is 17.0 Å². The lowest BCUT2D eigenvalue weighted by Gasteiger charge is -2.12. The number of nitrogens with zero attached hydrogens (tertiary/aromatic N) is 5. The number of aromatic nitrogens is 4. The lowest BCUT2D eigenvalue weighted by molar-refractivity contribution is -0.389. The SMILES string of the molecule is CC(Nc1ccc([N+](=O)[O-])nc1)c1nncn1C. The van der Waals surface area contributed by atoms with E-state index in [-0.39, 0.29) is 11.9 Å². The van der Waals surface area contributed by atoms with Crippen LogP contribution in [0.5, 0.6) is 0 Å². The van der Waals surface area contributed by atoms with E-state index in [0.29, 0.717) is 5.69 Å². The molecular weight excluding hydrogens is 236 g/mol. The van der Waals surface area contributed by atoms with Gasteiger partial charge in [0.25, 0.3) is 0 Å². The average Bonchev–Trinajstić information content (AvgIpc) is 2.76. The fraction of sp³-hybridized carbons (Fsp3) is 0.300. The molecule has 0 radical (unpaired) electrons. The van der Waals surface area contributed by atoms with Gasteiger partial charge in [-0.25, -0.2) is 0 Å². The van der Waals surface area contributed by atoms with E-state index in [9.17, 15) is 10.1 Å². The highest BCUT2D eigenvalue weighted by Crippen LogP contribution is 2.17. The van der Waals surface area contributed by atoms with Crippen LogP contribution in [0.3, 0.4) is 0 Å². The van der Waals surface area contributed by atoms with Crippen LogP contribution in [0.1, 0.15) is 18.8 Å². The van der Waals surface area contributed by atoms with E-state index in [4.69, 9.17) is 0 Å². The molecule has 2 rings (SSSR count). The fourth-order valence-electron chi connectivity index (χ4n) is 1.58. The number of nitro groups is 1. The molecule has 0 spiro atoms. The maximum atomic E-state index is 10.5. The van der Waals surface area contributed by atoms with Gasteiger partial charge in [-0.05, 0) is 22.9 Å². The number of hydrogen-bond acceptors (Lipinski definition) is 6. The Bertz CT molecular complexity index is 550. The molecule has 1 N–H and O–H groups in total. The second-order valence-corrected chi connectivity index (χ2v) is 3.83. The number of nitrogens with one attached hydrogen (secondary N) is 1. The monoisotopic (exact) mass is 248 g/mol. The summed E-state index contributed by atoms with van der Waals surface area (Å²) in [6.45, 7) is 1.92. The second kappa shape index (κ2) is 4.78. The molecule has 0 aliphatic carbocycles. The summed E-state index contributed by atoms with van der Waals surface area (Å²) in [6.07, 6.45) is 3.03. The summed E-state index contributed by atoms with van der Waals surface area (Å²) >= 11 is 0. The van der Waals surface area contributed by atoms with Gasteiger partial charge >= 0.3 is 5.82 Å². The molecule has 0 fully saturated rings. The highest BCUT2D eigenvalue weighted by molar-refractivity contribution is 5.44. The molecular formula is C10H12N6O2. The Kier molecular flexibility index (Phi) is 3.18. The summed E-state index contributed by atoms with van der Waals surface area (Å²) in [5.41, 5.74) is 0.691. The lowest BCUT2D eigenvalue weighted by atomic mass is 10.3. The molecule has 0 aliphatic heterocycles. The molecule has 0 saturated heterocycles. The van der Waals surface area contributed by atoms with Crippen LogP contribution in [-0.4, -0.2) is 24.7 Å². The molecule has 0 bridgehead atoms. The number of hydrogen-bond donors (Lipinski definition) is 1. The molecule has 0 amide bonds. The van der Waals surface area contributed by atoms with Gasteiger partial charge < -0.3 is 20.0 Å². The molecule has 2 heterocycles. The minimum Gasteiger partial charge on any atom is -0.372 e. The zero-order valence-electron chi connectivity index (χ0n) is 9.94. The van der Waals surface area contributed by atoms with Crippen LogP contribution < -0.4 is 5.32 Å². The van der Waals surface area contributed by atoms with Gasteiger partial charge in [0.05, 0.1) is 11.7 Å². The van der Waals surface area contributed by atoms with Gasteiger partial charge in [0.2, 0.25) is 0 Å². The summed E-state index contributed by atoms with van der Waals surface area (Å²) in [5.74, 6) is 0.597. The first kappa shape index (κ1) is 12.0. The Morgan fingerprint density at radius 2 is 2.28 bits per heavy atom. The van der Waals surface area contributed by atoms with Gasteiger partial charge in [-0.1, -0.05) is 0 Å². The highest BCUT2D eigenvalue weighted by atomic mass is 16.6. The summed E-state index contributed by atoms with van der Waals surface area (Å²) < 4.78 is 1.80. The maximum absolute atomic E-state index is 10.5. The molecule has 94 valence electrons. The van der Waals surface area contributed by atoms with E-state index in [1.165, 1.54) is 12.3 Å². The third-order valence-corrected chi connectivity index (χ3v) is 2.45. The normalized spacial score (nSPS) is 12.1. The van der Waals surface area contributed by atoms with Crippen LogP contribution in [0.15, 0.2) is 24.7 Å². The van der Waals surface area contributed by atoms with Crippen LogP contribution in [0, 0.1) is 10.1 Å². The summed E-state index contributed by atoms with van der Waals surface area (Å²) in [6, 6.07) is 2.89. The fourth-order valence-corrected chi connectivity index (χ4v) is 1.58. The first-order valence-electron chi connectivity index (χ1n) is 5.29. The van der Waals surface area contributed by atoms with Gasteiger partial charge in [-0.15, -0.1) is 10.2 Å². The number of pyridine rings is 1. The lowest BCUT2D eigenvalue weighted by Crippen LogP contribution is -2.12. The van der Waals surface area contributed by atoms with Crippen molar-refractivity contribution in [1.82, 2.24) is 19.7 Å². The third kappa shape index (κ3) is 2.42. The van der Waals surface area contributed by atoms with Crippen LogP contribution in [-0.2, 0) is 7.05 Å². The topological polar surface area (TPSA) is 98.8 Å². The van der Waals surface area contributed by atoms with E-state index in [2.05, 4.69) is 20.5 Å². The van der Waals surface area contributed by atoms with Crippen molar-refractivity contribution < 1.29 is 4.92 Å². The average molecular weight is 248 g/mol. The van der Waals surface area contributed by atoms with E-state index >= 15 is 0 Å². The molecule has 18 heavy (non-hydrogen) atoms. The Morgan fingerprint density at radius 1 is 1.50 bits per heavy atom. The maximum Gasteiger partial charge on any atom is 0.363 e. The van der Waals surface area contributed by atoms with Crippen molar-refractivity contribution in [2.24, 2.45) is 7.05 Å². The quantitative estimate of drug-likeness (QED) is 0.646. The van der Waals surface area contributed by atoms with Crippen molar-refractivity contribution in [3.63, 3.8) is 0 Å². The van der Waals surface area contributed by atoms with E-state index in [1.807, 2.05) is 14.0 Å². The van der Waals surface area contributed by atoms with Crippen LogP contribution in [0.2, 0.25) is 0 Å². The molecule has 0 aliphatic rings. The van der Waals surface area contributed by atoms with Crippen molar-refractivity contribution >= 4 is 11.5 Å². The zero-order valence-corrected chi connectivity index (χ0v) is 9.94. The van der Waals surface area contributed by atoms with Crippen molar-refractivity contribution in [2.75, 3.05) is 5.32 Å². The first-order chi connectivity index (χ1) is 8.58. The molecule has 8 heteroatoms. The minimum atomic E-state index is -0.532. The van der Waals surface area contributed by atoms with E-state index in [0.717, 1.165) is 5.82 Å². The van der Waals surface area contributed by atoms with Crippen molar-refractivity contribution in [2.45, 2.75) is 13.0 Å². The zero-order chi connectivity index (χ0) is 13.1. The Morgan fingerprint density at radius 3 is 2.78 bits per heavy atom. The molecule has 0 saturated carbocycles. The van der Waals surface area contributed by atoms with Gasteiger partial charge in [0.15, 0.2) is 12.0 Å². The minimum absolute atomic E-state index is 0.0687. The Hall–Kier alpha value is -2.51. The Labute approximate surface area is 103 Å². The highest BCUT2D eigenvalue weighted by Gasteiger charge is 2.13. The van der Waals surface area contributed by atoms with Crippen LogP contribution in [0.25, 0.3) is 0 Å². The standard InChI is InChI=1S/C10H12N6O2/c1-7(10-14-12-6-15(10)2)13-8-3-4-9(11-5-8)16(17)18/h3-7,13H,1-2H3. The predicted molar refractivity (Wildman–Crippen MR) is 63.9 cm³/mol. The third-order valence-electron chi connectivity index (χ3n) is 2.45. The molecule has 2 aromatic rings. The first-order valence-corrected chi connectivity index (χ1v) is 5.29. The second-order valence-electron chi connectivity index (χ2n) is 3.83. The van der Waals surface area contributed by atoms with Gasteiger partial charge in [-0.2, -0.15) is 0 Å². The van der Waals surface area contributed by atoms with Gasteiger partial charge in [0.1, 0.15) is 6.33 Å². The molecule has 2 aromatic heterocycles. The molecule has 8 nitrogen and oxygen atoms in total. The van der Waals surface area contributed by atoms with Crippen LogP contribution in [0.4, 0.5) is 11.5 Å². The van der Waals surface area contributed by atoms with Crippen LogP contribution >= 0.6 is 0 Å². The van der Waals surface area contributed by atoms with Crippen molar-refractivity contribution in [3.8, 4) is 0 Å². The van der Waals surface area contributed by atoms with Crippen molar-refractivity contribution in [1.29, 1.82) is 0 Å². The summed E-state index contributed by atoms with van der Waals surface area (Å²) in [7, 11) is 1.85. The summed E-state index contributed by atoms with van der Waals surface area (Å²) in [5, 5.41) is 21.4. The smallest absolute Gasteiger partial charge is 0.363 e. The number of rotatable bonds is 4. The molecule has 0 aromatic carbocycles. The van der Waals surface area contributed by atoms with E-state index < -0.39 is 4.92 Å². The van der Waals surface area contributed by atoms with Gasteiger partial charge in [0, 0.05) is 13.1 Å². The molecule has 1 atom stereocenters.